The van der Waals surface area contributed by atoms with Crippen LogP contribution in [0, 0.1) is 17.2 Å². The molecule has 2 heterocycles. The van der Waals surface area contributed by atoms with Gasteiger partial charge in [0.05, 0.1) is 29.3 Å². The number of nitriles is 1. The van der Waals surface area contributed by atoms with Gasteiger partial charge in [0, 0.05) is 17.6 Å². The van der Waals surface area contributed by atoms with Crippen molar-refractivity contribution in [1.82, 2.24) is 5.32 Å². The zero-order valence-electron chi connectivity index (χ0n) is 10.4. The lowest BCUT2D eigenvalue weighted by Gasteiger charge is -2.38. The summed E-state index contributed by atoms with van der Waals surface area (Å²) in [7, 11) is 0. The number of benzene rings is 1. The van der Waals surface area contributed by atoms with Gasteiger partial charge in [-0.15, -0.1) is 0 Å². The van der Waals surface area contributed by atoms with Crippen LogP contribution in [-0.4, -0.2) is 25.0 Å². The number of hydrogen-bond donors (Lipinski definition) is 1. The number of fused-ring (bicyclic) bond motifs is 1. The van der Waals surface area contributed by atoms with E-state index in [0.29, 0.717) is 5.56 Å². The summed E-state index contributed by atoms with van der Waals surface area (Å²) in [6.07, 6.45) is 2.00. The van der Waals surface area contributed by atoms with Crippen molar-refractivity contribution in [2.75, 3.05) is 18.0 Å². The van der Waals surface area contributed by atoms with Gasteiger partial charge in [-0.05, 0) is 47.0 Å². The lowest BCUT2D eigenvalue weighted by molar-refractivity contribution is -0.122. The molecule has 1 amide bonds. The van der Waals surface area contributed by atoms with Crippen LogP contribution in [0.2, 0.25) is 0 Å². The van der Waals surface area contributed by atoms with Crippen LogP contribution in [0.4, 0.5) is 5.69 Å². The van der Waals surface area contributed by atoms with E-state index in [1.807, 2.05) is 18.2 Å². The first-order chi connectivity index (χ1) is 9.20. The third-order valence-electron chi connectivity index (χ3n) is 3.99. The van der Waals surface area contributed by atoms with Crippen molar-refractivity contribution in [2.45, 2.75) is 18.9 Å². The van der Waals surface area contributed by atoms with Gasteiger partial charge in [-0.2, -0.15) is 5.26 Å². The fourth-order valence-electron chi connectivity index (χ4n) is 3.06. The molecule has 2 atom stereocenters. The molecule has 1 aromatic rings. The Hall–Kier alpha value is -1.54. The molecule has 0 aromatic heterocycles. The fraction of sp³-hybridized carbons (Fsp3) is 0.429. The Bertz CT molecular complexity index is 566. The van der Waals surface area contributed by atoms with Gasteiger partial charge in [0.1, 0.15) is 0 Å². The molecule has 2 fully saturated rings. The maximum Gasteiger partial charge on any atom is 0.225 e. The van der Waals surface area contributed by atoms with Gasteiger partial charge in [-0.3, -0.25) is 4.79 Å². The largest absolute Gasteiger partial charge is 0.365 e. The topological polar surface area (TPSA) is 56.1 Å². The Labute approximate surface area is 120 Å². The molecular weight excluding hydrogens is 306 g/mol. The van der Waals surface area contributed by atoms with Crippen LogP contribution in [0.25, 0.3) is 0 Å². The molecule has 0 spiro atoms. The first-order valence-corrected chi connectivity index (χ1v) is 7.24. The van der Waals surface area contributed by atoms with Crippen LogP contribution >= 0.6 is 15.9 Å². The van der Waals surface area contributed by atoms with Crippen molar-refractivity contribution in [3.8, 4) is 6.07 Å². The van der Waals surface area contributed by atoms with Crippen molar-refractivity contribution in [3.05, 3.63) is 28.2 Å². The number of nitrogens with one attached hydrogen (secondary N) is 1. The molecule has 1 aromatic carbocycles. The van der Waals surface area contributed by atoms with E-state index < -0.39 is 0 Å². The summed E-state index contributed by atoms with van der Waals surface area (Å²) in [6, 6.07) is 8.01. The highest BCUT2D eigenvalue weighted by atomic mass is 79.9. The zero-order chi connectivity index (χ0) is 13.4. The molecule has 2 aliphatic heterocycles. The third-order valence-corrected chi connectivity index (χ3v) is 4.62. The lowest BCUT2D eigenvalue weighted by Crippen LogP contribution is -2.45. The average Bonchev–Trinajstić information content (AvgIpc) is 2.81. The average molecular weight is 320 g/mol. The monoisotopic (exact) mass is 319 g/mol. The number of hydrogen-bond acceptors (Lipinski definition) is 3. The normalized spacial score (nSPS) is 25.7. The molecule has 98 valence electrons. The second-order valence-corrected chi connectivity index (χ2v) is 5.89. The van der Waals surface area contributed by atoms with Gasteiger partial charge in [-0.1, -0.05) is 0 Å². The van der Waals surface area contributed by atoms with E-state index in [2.05, 4.69) is 32.2 Å². The van der Waals surface area contributed by atoms with Gasteiger partial charge in [-0.25, -0.2) is 0 Å². The summed E-state index contributed by atoms with van der Waals surface area (Å²) in [6.45, 7) is 1.68. The van der Waals surface area contributed by atoms with Crippen LogP contribution in [-0.2, 0) is 4.79 Å². The molecule has 5 heteroatoms. The number of rotatable bonds is 1. The Kier molecular flexibility index (Phi) is 3.19. The first kappa shape index (κ1) is 12.5. The second kappa shape index (κ2) is 4.86. The summed E-state index contributed by atoms with van der Waals surface area (Å²) in [5.41, 5.74) is 1.72. The molecule has 19 heavy (non-hydrogen) atoms. The number of halogens is 1. The highest BCUT2D eigenvalue weighted by Gasteiger charge is 2.41. The Morgan fingerprint density at radius 1 is 1.47 bits per heavy atom. The molecule has 0 radical (unpaired) electrons. The van der Waals surface area contributed by atoms with E-state index in [-0.39, 0.29) is 17.9 Å². The smallest absolute Gasteiger partial charge is 0.225 e. The molecule has 1 N–H and O–H groups in total. The minimum Gasteiger partial charge on any atom is -0.365 e. The highest BCUT2D eigenvalue weighted by molar-refractivity contribution is 9.10. The number of piperidine rings is 1. The maximum atomic E-state index is 11.8. The van der Waals surface area contributed by atoms with Gasteiger partial charge < -0.3 is 10.2 Å². The van der Waals surface area contributed by atoms with Crippen LogP contribution in [0.15, 0.2) is 22.7 Å². The highest BCUT2D eigenvalue weighted by Crippen LogP contribution is 2.35. The molecule has 2 aliphatic rings. The van der Waals surface area contributed by atoms with Gasteiger partial charge in [0.2, 0.25) is 5.91 Å². The first-order valence-electron chi connectivity index (χ1n) is 6.44. The zero-order valence-corrected chi connectivity index (χ0v) is 12.0. The Morgan fingerprint density at radius 3 is 3.05 bits per heavy atom. The predicted octanol–water partition coefficient (Wildman–Crippen LogP) is 2.04. The van der Waals surface area contributed by atoms with Gasteiger partial charge >= 0.3 is 0 Å². The second-order valence-electron chi connectivity index (χ2n) is 5.03. The van der Waals surface area contributed by atoms with E-state index >= 15 is 0 Å². The maximum absolute atomic E-state index is 11.8. The number of nitrogens with zero attached hydrogens (tertiary/aromatic N) is 2. The van der Waals surface area contributed by atoms with Crippen molar-refractivity contribution in [3.63, 3.8) is 0 Å². The molecule has 3 rings (SSSR count). The van der Waals surface area contributed by atoms with Crippen LogP contribution in [0.1, 0.15) is 18.4 Å². The predicted molar refractivity (Wildman–Crippen MR) is 75.7 cm³/mol. The van der Waals surface area contributed by atoms with Crippen LogP contribution in [0.5, 0.6) is 0 Å². The summed E-state index contributed by atoms with van der Waals surface area (Å²) < 4.78 is 0.923. The summed E-state index contributed by atoms with van der Waals surface area (Å²) in [4.78, 5) is 14.1. The van der Waals surface area contributed by atoms with Crippen LogP contribution < -0.4 is 10.2 Å². The summed E-state index contributed by atoms with van der Waals surface area (Å²) in [5, 5.41) is 11.9. The Morgan fingerprint density at radius 2 is 2.32 bits per heavy atom. The van der Waals surface area contributed by atoms with E-state index in [1.165, 1.54) is 0 Å². The molecule has 4 nitrogen and oxygen atoms in total. The van der Waals surface area contributed by atoms with Crippen molar-refractivity contribution >= 4 is 27.5 Å². The Balaban J connectivity index is 1.93. The van der Waals surface area contributed by atoms with E-state index in [9.17, 15) is 4.79 Å². The van der Waals surface area contributed by atoms with E-state index in [4.69, 9.17) is 5.26 Å². The summed E-state index contributed by atoms with van der Waals surface area (Å²) >= 11 is 3.54. The van der Waals surface area contributed by atoms with Gasteiger partial charge in [0.25, 0.3) is 0 Å². The minimum atomic E-state index is 0.108. The van der Waals surface area contributed by atoms with Gasteiger partial charge in [0.15, 0.2) is 0 Å². The standard InChI is InChI=1S/C14H14BrN3O/c15-11-6-9(7-16)3-4-12(11)18-5-1-2-10-13(18)8-17-14(10)19/h3-4,6,10,13H,1-2,5,8H2,(H,17,19)/t10-,13-/m1/s1. The molecule has 0 aliphatic carbocycles. The summed E-state index contributed by atoms with van der Waals surface area (Å²) in [5.74, 6) is 0.288. The quantitative estimate of drug-likeness (QED) is 0.861. The lowest BCUT2D eigenvalue weighted by atomic mass is 9.91. The number of anilines is 1. The molecule has 0 unspecified atom stereocenters. The van der Waals surface area contributed by atoms with Crippen LogP contribution in [0.3, 0.4) is 0 Å². The van der Waals surface area contributed by atoms with E-state index in [1.54, 1.807) is 0 Å². The number of amides is 1. The van der Waals surface area contributed by atoms with Crippen molar-refractivity contribution in [2.24, 2.45) is 5.92 Å². The molecule has 0 bridgehead atoms. The van der Waals surface area contributed by atoms with Crippen molar-refractivity contribution < 1.29 is 4.79 Å². The SMILES string of the molecule is N#Cc1ccc(N2CCC[C@H]3C(=O)NC[C@H]32)c(Br)c1. The number of carbonyl (C=O) groups excluding carboxylic acids is 1. The number of carbonyl (C=O) groups is 1. The minimum absolute atomic E-state index is 0.108. The van der Waals surface area contributed by atoms with Crippen molar-refractivity contribution in [1.29, 1.82) is 5.26 Å². The fourth-order valence-corrected chi connectivity index (χ4v) is 3.67. The molecule has 2 saturated heterocycles. The molecule has 0 saturated carbocycles. The molecular formula is C14H14BrN3O. The van der Waals surface area contributed by atoms with E-state index in [0.717, 1.165) is 36.1 Å². The third kappa shape index (κ3) is 2.10.